The van der Waals surface area contributed by atoms with Crippen LogP contribution in [0.3, 0.4) is 0 Å². The van der Waals surface area contributed by atoms with Crippen LogP contribution in [0.1, 0.15) is 89.6 Å². The first-order valence-electron chi connectivity index (χ1n) is 11.8. The Hall–Kier alpha value is -2.65. The maximum atomic E-state index is 14.0. The number of aromatic nitrogens is 1. The number of primary amides is 1. The monoisotopic (exact) mass is 503 g/mol. The Morgan fingerprint density at radius 3 is 2.24 bits per heavy atom. The van der Waals surface area contributed by atoms with Crippen molar-refractivity contribution >= 4 is 46.5 Å². The lowest BCUT2D eigenvalue weighted by molar-refractivity contribution is -0.127. The maximum absolute atomic E-state index is 14.0. The van der Waals surface area contributed by atoms with E-state index in [1.807, 2.05) is 0 Å². The van der Waals surface area contributed by atoms with Gasteiger partial charge in [0, 0.05) is 17.1 Å². The van der Waals surface area contributed by atoms with Crippen LogP contribution < -0.4 is 16.8 Å². The van der Waals surface area contributed by atoms with E-state index in [2.05, 4.69) is 9.69 Å². The molecule has 5 N–H and O–H groups in total. The van der Waals surface area contributed by atoms with Crippen molar-refractivity contribution in [1.82, 2.24) is 14.6 Å². The summed E-state index contributed by atoms with van der Waals surface area (Å²) < 4.78 is 4.01. The number of hydrogen-bond acceptors (Lipinski definition) is 6. The molecule has 0 bridgehead atoms. The van der Waals surface area contributed by atoms with Crippen molar-refractivity contribution < 1.29 is 14.4 Å². The van der Waals surface area contributed by atoms with Gasteiger partial charge in [0.25, 0.3) is 11.8 Å². The number of rotatable bonds is 7. The van der Waals surface area contributed by atoms with E-state index < -0.39 is 17.9 Å². The number of nitrogens with two attached hydrogens (primary N) is 2. The van der Waals surface area contributed by atoms with Gasteiger partial charge in [-0.15, -0.1) is 0 Å². The van der Waals surface area contributed by atoms with E-state index in [9.17, 15) is 14.4 Å². The van der Waals surface area contributed by atoms with E-state index in [4.69, 9.17) is 23.1 Å². The molecule has 1 aromatic carbocycles. The molecule has 0 saturated heterocycles. The lowest BCUT2D eigenvalue weighted by atomic mass is 9.91. The van der Waals surface area contributed by atoms with Crippen LogP contribution in [-0.2, 0) is 4.79 Å². The van der Waals surface area contributed by atoms with Gasteiger partial charge in [-0.25, -0.2) is 0 Å². The number of nitrogen functional groups attached to an aromatic ring is 1. The van der Waals surface area contributed by atoms with Gasteiger partial charge in [0.05, 0.1) is 5.69 Å². The zero-order valence-electron chi connectivity index (χ0n) is 19.0. The number of anilines is 1. The second-order valence-electron chi connectivity index (χ2n) is 9.09. The Labute approximate surface area is 208 Å². The molecule has 3 amide bonds. The van der Waals surface area contributed by atoms with E-state index >= 15 is 0 Å². The first-order valence-corrected chi connectivity index (χ1v) is 13.0. The van der Waals surface area contributed by atoms with Crippen LogP contribution in [0, 0.1) is 0 Å². The summed E-state index contributed by atoms with van der Waals surface area (Å²) in [5.74, 6) is -1.41. The molecule has 34 heavy (non-hydrogen) atoms. The number of nitrogens with one attached hydrogen (secondary N) is 1. The Morgan fingerprint density at radius 2 is 1.65 bits per heavy atom. The first kappa shape index (κ1) is 24.5. The predicted octanol–water partition coefficient (Wildman–Crippen LogP) is 4.05. The number of carbonyl (C=O) groups is 3. The van der Waals surface area contributed by atoms with E-state index in [-0.39, 0.29) is 34.2 Å². The molecule has 2 aliphatic carbocycles. The van der Waals surface area contributed by atoms with Crippen molar-refractivity contribution in [3.63, 3.8) is 0 Å². The lowest BCUT2D eigenvalue weighted by Crippen LogP contribution is -2.50. The summed E-state index contributed by atoms with van der Waals surface area (Å²) in [4.78, 5) is 41.2. The van der Waals surface area contributed by atoms with Gasteiger partial charge in [-0.05, 0) is 54.9 Å². The van der Waals surface area contributed by atoms with Gasteiger partial charge in [-0.1, -0.05) is 55.8 Å². The minimum Gasteiger partial charge on any atom is -0.395 e. The van der Waals surface area contributed by atoms with Crippen LogP contribution in [0.15, 0.2) is 24.3 Å². The molecule has 2 saturated carbocycles. The van der Waals surface area contributed by atoms with Crippen LogP contribution in [0.5, 0.6) is 0 Å². The number of amides is 3. The molecule has 2 aliphatic rings. The highest BCUT2D eigenvalue weighted by atomic mass is 35.5. The highest BCUT2D eigenvalue weighted by Crippen LogP contribution is 2.35. The molecular formula is C24H30ClN5O3S. The Kier molecular flexibility index (Phi) is 7.73. The molecule has 1 aromatic heterocycles. The van der Waals surface area contributed by atoms with Crippen molar-refractivity contribution in [2.24, 2.45) is 5.73 Å². The van der Waals surface area contributed by atoms with E-state index in [1.165, 1.54) is 0 Å². The van der Waals surface area contributed by atoms with Crippen molar-refractivity contribution in [3.8, 4) is 0 Å². The molecule has 0 radical (unpaired) electrons. The number of halogens is 1. The molecule has 4 rings (SSSR count). The Balaban J connectivity index is 1.77. The summed E-state index contributed by atoms with van der Waals surface area (Å²) in [5.41, 5.74) is 12.0. The zero-order valence-corrected chi connectivity index (χ0v) is 20.5. The molecule has 10 heteroatoms. The second kappa shape index (κ2) is 10.7. The van der Waals surface area contributed by atoms with Crippen LogP contribution >= 0.6 is 23.1 Å². The summed E-state index contributed by atoms with van der Waals surface area (Å²) in [6.45, 7) is 0. The van der Waals surface area contributed by atoms with Gasteiger partial charge in [0.2, 0.25) is 5.91 Å². The molecule has 1 unspecified atom stereocenters. The van der Waals surface area contributed by atoms with Gasteiger partial charge in [0.15, 0.2) is 5.69 Å². The minimum atomic E-state index is -0.855. The highest BCUT2D eigenvalue weighted by Gasteiger charge is 2.40. The quantitative estimate of drug-likeness (QED) is 0.524. The third-order valence-corrected chi connectivity index (χ3v) is 7.87. The van der Waals surface area contributed by atoms with Gasteiger partial charge < -0.3 is 21.7 Å². The van der Waals surface area contributed by atoms with E-state index in [0.717, 1.165) is 69.3 Å². The molecule has 2 fully saturated rings. The van der Waals surface area contributed by atoms with Crippen LogP contribution in [0.4, 0.5) is 5.69 Å². The maximum Gasteiger partial charge on any atom is 0.270 e. The first-order chi connectivity index (χ1) is 16.4. The fourth-order valence-corrected chi connectivity index (χ4v) is 5.91. The van der Waals surface area contributed by atoms with Crippen LogP contribution in [0.25, 0.3) is 0 Å². The summed E-state index contributed by atoms with van der Waals surface area (Å²) in [5, 5.41) is 3.72. The molecule has 8 nitrogen and oxygen atoms in total. The molecule has 0 spiro atoms. The fourth-order valence-electron chi connectivity index (χ4n) is 5.03. The summed E-state index contributed by atoms with van der Waals surface area (Å²) in [6, 6.07) is 6.12. The van der Waals surface area contributed by atoms with E-state index in [1.54, 1.807) is 29.2 Å². The summed E-state index contributed by atoms with van der Waals surface area (Å²) in [6.07, 6.45) is 8.62. The average Bonchev–Trinajstić information content (AvgIpc) is 3.48. The van der Waals surface area contributed by atoms with Gasteiger partial charge in [-0.2, -0.15) is 4.37 Å². The van der Waals surface area contributed by atoms with Crippen molar-refractivity contribution in [2.45, 2.75) is 75.9 Å². The SMILES string of the molecule is NC(=O)c1nsc(C(=O)N(C2CCCCC2)C(C(=O)NC2CCCC2)c2ccc(Cl)cc2)c1N. The van der Waals surface area contributed by atoms with Crippen LogP contribution in [0.2, 0.25) is 5.02 Å². The smallest absolute Gasteiger partial charge is 0.270 e. The minimum absolute atomic E-state index is 0.0330. The van der Waals surface area contributed by atoms with Crippen LogP contribution in [-0.4, -0.2) is 39.1 Å². The number of benzene rings is 1. The topological polar surface area (TPSA) is 131 Å². The summed E-state index contributed by atoms with van der Waals surface area (Å²) >= 11 is 6.97. The highest BCUT2D eigenvalue weighted by molar-refractivity contribution is 7.09. The van der Waals surface area contributed by atoms with Gasteiger partial charge >= 0.3 is 0 Å². The van der Waals surface area contributed by atoms with Gasteiger partial charge in [0.1, 0.15) is 10.9 Å². The molecule has 0 aliphatic heterocycles. The number of nitrogens with zero attached hydrogens (tertiary/aromatic N) is 2. The molecule has 1 atom stereocenters. The fraction of sp³-hybridized carbons (Fsp3) is 0.500. The van der Waals surface area contributed by atoms with Crippen molar-refractivity contribution in [2.75, 3.05) is 5.73 Å². The molecule has 1 heterocycles. The predicted molar refractivity (Wildman–Crippen MR) is 133 cm³/mol. The Morgan fingerprint density at radius 1 is 1.03 bits per heavy atom. The Bertz CT molecular complexity index is 1050. The lowest BCUT2D eigenvalue weighted by Gasteiger charge is -2.39. The number of hydrogen-bond donors (Lipinski definition) is 3. The zero-order chi connectivity index (χ0) is 24.2. The molecule has 182 valence electrons. The largest absolute Gasteiger partial charge is 0.395 e. The van der Waals surface area contributed by atoms with Crippen molar-refractivity contribution in [3.05, 3.63) is 45.4 Å². The average molecular weight is 504 g/mol. The van der Waals surface area contributed by atoms with Gasteiger partial charge in [-0.3, -0.25) is 14.4 Å². The third-order valence-electron chi connectivity index (χ3n) is 6.77. The van der Waals surface area contributed by atoms with Crippen molar-refractivity contribution in [1.29, 1.82) is 0 Å². The summed E-state index contributed by atoms with van der Waals surface area (Å²) in [7, 11) is 0. The third kappa shape index (κ3) is 5.20. The normalized spacial score (nSPS) is 17.9. The number of carbonyl (C=O) groups excluding carboxylic acids is 3. The second-order valence-corrected chi connectivity index (χ2v) is 10.3. The van der Waals surface area contributed by atoms with E-state index in [0.29, 0.717) is 10.6 Å². The molecule has 2 aromatic rings. The molecular weight excluding hydrogens is 474 g/mol. The standard InChI is InChI=1S/C24H30ClN5O3S/c25-15-12-10-14(11-13-15)20(23(32)28-16-6-4-5-7-16)30(17-8-2-1-3-9-17)24(33)21-18(26)19(22(27)31)29-34-21/h10-13,16-17,20H,1-9,26H2,(H2,27,31)(H,28,32).